The van der Waals surface area contributed by atoms with Crippen molar-refractivity contribution in [3.05, 3.63) is 46.5 Å². The normalized spacial score (nSPS) is 21.1. The molecular weight excluding hydrogens is 254 g/mol. The number of likely N-dealkylation sites (N-methyl/N-ethyl adjacent to an activating group) is 1. The van der Waals surface area contributed by atoms with Crippen LogP contribution in [0.2, 0.25) is 5.02 Å². The lowest BCUT2D eigenvalue weighted by Gasteiger charge is -2.23. The Bertz CT molecular complexity index is 425. The molecule has 104 valence electrons. The van der Waals surface area contributed by atoms with Crippen LogP contribution in [0.4, 0.5) is 0 Å². The summed E-state index contributed by atoms with van der Waals surface area (Å²) in [6.07, 6.45) is 10.3. The molecule has 2 heteroatoms. The molecule has 1 nitrogen and oxygen atoms in total. The average molecular weight is 278 g/mol. The number of hydrogen-bond acceptors (Lipinski definition) is 1. The van der Waals surface area contributed by atoms with Crippen LogP contribution in [-0.4, -0.2) is 6.54 Å². The summed E-state index contributed by atoms with van der Waals surface area (Å²) in [6.45, 7) is 3.15. The highest BCUT2D eigenvalue weighted by atomic mass is 35.5. The second kappa shape index (κ2) is 7.72. The Morgan fingerprint density at radius 3 is 2.84 bits per heavy atom. The molecule has 0 heterocycles. The summed E-state index contributed by atoms with van der Waals surface area (Å²) in [5, 5.41) is 4.44. The van der Waals surface area contributed by atoms with Crippen LogP contribution in [0.5, 0.6) is 0 Å². The fourth-order valence-corrected chi connectivity index (χ4v) is 3.03. The molecule has 1 N–H and O–H groups in total. The van der Waals surface area contributed by atoms with Crippen molar-refractivity contribution in [1.29, 1.82) is 0 Å². The van der Waals surface area contributed by atoms with E-state index in [1.54, 1.807) is 5.57 Å². The first kappa shape index (κ1) is 14.6. The van der Waals surface area contributed by atoms with Crippen LogP contribution in [0, 0.1) is 0 Å². The molecular formula is C17H24ClN. The molecule has 1 atom stereocenters. The minimum Gasteiger partial charge on any atom is -0.307 e. The van der Waals surface area contributed by atoms with E-state index in [4.69, 9.17) is 11.6 Å². The first-order valence-electron chi connectivity index (χ1n) is 7.49. The van der Waals surface area contributed by atoms with Crippen LogP contribution in [-0.2, 0) is 0 Å². The van der Waals surface area contributed by atoms with Crippen LogP contribution in [0.15, 0.2) is 35.9 Å². The fraction of sp³-hybridized carbons (Fsp3) is 0.529. The van der Waals surface area contributed by atoms with Crippen molar-refractivity contribution in [2.45, 2.75) is 51.5 Å². The Labute approximate surface area is 122 Å². The lowest BCUT2D eigenvalue weighted by Crippen LogP contribution is -2.23. The molecule has 2 rings (SSSR count). The molecule has 0 fully saturated rings. The SMILES string of the molecule is CCNC(/C1=C/CCCCCC1)c1cccc(Cl)c1. The van der Waals surface area contributed by atoms with Gasteiger partial charge < -0.3 is 5.32 Å². The minimum atomic E-state index is 0.335. The first-order chi connectivity index (χ1) is 9.31. The van der Waals surface area contributed by atoms with Crippen LogP contribution in [0.3, 0.4) is 0 Å². The van der Waals surface area contributed by atoms with Crippen molar-refractivity contribution in [2.24, 2.45) is 0 Å². The third-order valence-corrected chi connectivity index (χ3v) is 4.02. The molecule has 1 aliphatic rings. The van der Waals surface area contributed by atoms with Gasteiger partial charge in [-0.05, 0) is 49.9 Å². The Kier molecular flexibility index (Phi) is 5.93. The first-order valence-corrected chi connectivity index (χ1v) is 7.87. The third kappa shape index (κ3) is 4.36. The molecule has 0 aliphatic heterocycles. The molecule has 0 amide bonds. The molecule has 0 radical (unpaired) electrons. The van der Waals surface area contributed by atoms with E-state index in [1.165, 1.54) is 44.1 Å². The molecule has 0 spiro atoms. The summed E-state index contributed by atoms with van der Waals surface area (Å²) in [6, 6.07) is 8.60. The number of nitrogens with one attached hydrogen (secondary N) is 1. The van der Waals surface area contributed by atoms with Crippen molar-refractivity contribution in [1.82, 2.24) is 5.32 Å². The second-order valence-corrected chi connectivity index (χ2v) is 5.71. The molecule has 0 saturated heterocycles. The van der Waals surface area contributed by atoms with Gasteiger partial charge in [-0.25, -0.2) is 0 Å². The molecule has 1 unspecified atom stereocenters. The van der Waals surface area contributed by atoms with Gasteiger partial charge in [0.05, 0.1) is 6.04 Å². The third-order valence-electron chi connectivity index (χ3n) is 3.79. The molecule has 1 aromatic rings. The number of allylic oxidation sites excluding steroid dienone is 1. The van der Waals surface area contributed by atoms with Crippen LogP contribution >= 0.6 is 11.6 Å². The lowest BCUT2D eigenvalue weighted by atomic mass is 9.91. The number of hydrogen-bond donors (Lipinski definition) is 1. The Hall–Kier alpha value is -0.790. The zero-order valence-electron chi connectivity index (χ0n) is 11.8. The highest BCUT2D eigenvalue weighted by Crippen LogP contribution is 2.29. The number of halogens is 1. The van der Waals surface area contributed by atoms with Crippen LogP contribution in [0.1, 0.15) is 57.1 Å². The fourth-order valence-electron chi connectivity index (χ4n) is 2.83. The van der Waals surface area contributed by atoms with Gasteiger partial charge in [-0.3, -0.25) is 0 Å². The minimum absolute atomic E-state index is 0.335. The van der Waals surface area contributed by atoms with Crippen molar-refractivity contribution < 1.29 is 0 Å². The summed E-state index contributed by atoms with van der Waals surface area (Å²) in [5.74, 6) is 0. The van der Waals surface area contributed by atoms with E-state index in [-0.39, 0.29) is 0 Å². The number of rotatable bonds is 4. The van der Waals surface area contributed by atoms with Crippen molar-refractivity contribution >= 4 is 11.6 Å². The van der Waals surface area contributed by atoms with E-state index < -0.39 is 0 Å². The van der Waals surface area contributed by atoms with Gasteiger partial charge in [0.15, 0.2) is 0 Å². The Morgan fingerprint density at radius 2 is 2.05 bits per heavy atom. The highest BCUT2D eigenvalue weighted by molar-refractivity contribution is 6.30. The van der Waals surface area contributed by atoms with Gasteiger partial charge in [0, 0.05) is 5.02 Å². The molecule has 1 aliphatic carbocycles. The molecule has 0 aromatic heterocycles. The quantitative estimate of drug-likeness (QED) is 0.739. The van der Waals surface area contributed by atoms with E-state index >= 15 is 0 Å². The Balaban J connectivity index is 2.22. The van der Waals surface area contributed by atoms with Gasteiger partial charge in [0.2, 0.25) is 0 Å². The van der Waals surface area contributed by atoms with E-state index in [0.29, 0.717) is 6.04 Å². The summed E-state index contributed by atoms with van der Waals surface area (Å²) >= 11 is 6.14. The van der Waals surface area contributed by atoms with Crippen molar-refractivity contribution in [2.75, 3.05) is 6.54 Å². The molecule has 0 saturated carbocycles. The van der Waals surface area contributed by atoms with Crippen LogP contribution in [0.25, 0.3) is 0 Å². The van der Waals surface area contributed by atoms with Gasteiger partial charge in [-0.1, -0.05) is 55.1 Å². The van der Waals surface area contributed by atoms with Crippen molar-refractivity contribution in [3.63, 3.8) is 0 Å². The number of benzene rings is 1. The Morgan fingerprint density at radius 1 is 1.21 bits per heavy atom. The van der Waals surface area contributed by atoms with Crippen LogP contribution < -0.4 is 5.32 Å². The predicted octanol–water partition coefficient (Wildman–Crippen LogP) is 5.27. The predicted molar refractivity (Wildman–Crippen MR) is 83.7 cm³/mol. The largest absolute Gasteiger partial charge is 0.307 e. The zero-order chi connectivity index (χ0) is 13.5. The van der Waals surface area contributed by atoms with Gasteiger partial charge in [-0.15, -0.1) is 0 Å². The zero-order valence-corrected chi connectivity index (χ0v) is 12.5. The van der Waals surface area contributed by atoms with E-state index in [0.717, 1.165) is 11.6 Å². The maximum absolute atomic E-state index is 6.14. The molecule has 0 bridgehead atoms. The molecule has 19 heavy (non-hydrogen) atoms. The summed E-state index contributed by atoms with van der Waals surface area (Å²) in [5.41, 5.74) is 2.84. The monoisotopic (exact) mass is 277 g/mol. The maximum atomic E-state index is 6.14. The highest BCUT2D eigenvalue weighted by Gasteiger charge is 2.16. The standard InChI is InChI=1S/C17H24ClN/c1-2-19-17(15-11-8-12-16(18)13-15)14-9-6-4-3-5-7-10-14/h8-9,11-13,17,19H,2-7,10H2,1H3/b14-9+. The lowest BCUT2D eigenvalue weighted by molar-refractivity contribution is 0.554. The summed E-state index contributed by atoms with van der Waals surface area (Å²) < 4.78 is 0. The molecule has 1 aromatic carbocycles. The van der Waals surface area contributed by atoms with Crippen molar-refractivity contribution in [3.8, 4) is 0 Å². The topological polar surface area (TPSA) is 12.0 Å². The second-order valence-electron chi connectivity index (χ2n) is 5.28. The van der Waals surface area contributed by atoms with Gasteiger partial charge >= 0.3 is 0 Å². The average Bonchev–Trinajstić information content (AvgIpc) is 2.36. The van der Waals surface area contributed by atoms with E-state index in [1.807, 2.05) is 12.1 Å². The maximum Gasteiger partial charge on any atom is 0.0536 e. The van der Waals surface area contributed by atoms with E-state index in [9.17, 15) is 0 Å². The van der Waals surface area contributed by atoms with E-state index in [2.05, 4.69) is 30.4 Å². The van der Waals surface area contributed by atoms with Gasteiger partial charge in [-0.2, -0.15) is 0 Å². The summed E-state index contributed by atoms with van der Waals surface area (Å²) in [4.78, 5) is 0. The van der Waals surface area contributed by atoms with Gasteiger partial charge in [0.1, 0.15) is 0 Å². The summed E-state index contributed by atoms with van der Waals surface area (Å²) in [7, 11) is 0. The van der Waals surface area contributed by atoms with Gasteiger partial charge in [0.25, 0.3) is 0 Å². The smallest absolute Gasteiger partial charge is 0.0536 e.